The van der Waals surface area contributed by atoms with Crippen molar-refractivity contribution in [1.29, 1.82) is 0 Å². The van der Waals surface area contributed by atoms with Crippen LogP contribution in [0.25, 0.3) is 0 Å². The molecule has 2 fully saturated rings. The fourth-order valence-electron chi connectivity index (χ4n) is 4.16. The van der Waals surface area contributed by atoms with E-state index in [-0.39, 0.29) is 17.1 Å². The summed E-state index contributed by atoms with van der Waals surface area (Å²) in [5.41, 5.74) is -0.947. The van der Waals surface area contributed by atoms with Gasteiger partial charge in [-0.3, -0.25) is 4.79 Å². The molecule has 0 bridgehead atoms. The average molecular weight is 224 g/mol. The predicted octanol–water partition coefficient (Wildman–Crippen LogP) is 2.79. The second kappa shape index (κ2) is 3.56. The summed E-state index contributed by atoms with van der Waals surface area (Å²) in [5, 5.41) is 10.7. The largest absolute Gasteiger partial charge is 0.382 e. The number of fused-ring (bicyclic) bond motifs is 1. The van der Waals surface area contributed by atoms with Crippen LogP contribution < -0.4 is 0 Å². The molecule has 2 saturated carbocycles. The van der Waals surface area contributed by atoms with Crippen molar-refractivity contribution in [3.63, 3.8) is 0 Å². The molecule has 4 atom stereocenters. The number of hydrogen-bond acceptors (Lipinski definition) is 2. The second-order valence-electron chi connectivity index (χ2n) is 6.85. The zero-order chi connectivity index (χ0) is 12.1. The Kier molecular flexibility index (Phi) is 2.69. The Morgan fingerprint density at radius 3 is 2.50 bits per heavy atom. The van der Waals surface area contributed by atoms with E-state index in [1.807, 2.05) is 0 Å². The Hall–Kier alpha value is -0.370. The normalized spacial score (nSPS) is 46.4. The predicted molar refractivity (Wildman–Crippen MR) is 64.0 cm³/mol. The summed E-state index contributed by atoms with van der Waals surface area (Å²) < 4.78 is 0. The zero-order valence-electron chi connectivity index (χ0n) is 10.9. The highest BCUT2D eigenvalue weighted by atomic mass is 16.3. The van der Waals surface area contributed by atoms with E-state index in [1.54, 1.807) is 6.92 Å². The smallest absolute Gasteiger partial charge is 0.161 e. The summed E-state index contributed by atoms with van der Waals surface area (Å²) in [6, 6.07) is 0. The van der Waals surface area contributed by atoms with Gasteiger partial charge in [0, 0.05) is 0 Å². The maximum atomic E-state index is 11.8. The van der Waals surface area contributed by atoms with Gasteiger partial charge < -0.3 is 5.11 Å². The molecule has 0 unspecified atom stereocenters. The lowest BCUT2D eigenvalue weighted by atomic mass is 9.58. The molecule has 92 valence electrons. The van der Waals surface area contributed by atoms with Crippen molar-refractivity contribution >= 4 is 5.78 Å². The molecule has 2 aliphatic carbocycles. The minimum Gasteiger partial charge on any atom is -0.382 e. The van der Waals surface area contributed by atoms with Gasteiger partial charge >= 0.3 is 0 Å². The summed E-state index contributed by atoms with van der Waals surface area (Å²) in [6.07, 6.45) is 4.00. The maximum absolute atomic E-state index is 11.8. The lowest BCUT2D eigenvalue weighted by Crippen LogP contribution is -2.53. The Bertz CT molecular complexity index is 308. The maximum Gasteiger partial charge on any atom is 0.161 e. The highest BCUT2D eigenvalue weighted by Crippen LogP contribution is 2.56. The molecule has 0 aromatic carbocycles. The summed E-state index contributed by atoms with van der Waals surface area (Å²) >= 11 is 0. The lowest BCUT2D eigenvalue weighted by Gasteiger charge is -2.48. The van der Waals surface area contributed by atoms with Gasteiger partial charge in [0.1, 0.15) is 5.60 Å². The zero-order valence-corrected chi connectivity index (χ0v) is 10.9. The second-order valence-corrected chi connectivity index (χ2v) is 6.85. The first-order valence-electron chi connectivity index (χ1n) is 6.50. The third-order valence-electron chi connectivity index (χ3n) is 4.94. The van der Waals surface area contributed by atoms with E-state index in [4.69, 9.17) is 0 Å². The number of ketones is 1. The Labute approximate surface area is 98.4 Å². The topological polar surface area (TPSA) is 37.3 Å². The molecule has 16 heavy (non-hydrogen) atoms. The average Bonchev–Trinajstić information content (AvgIpc) is 2.46. The van der Waals surface area contributed by atoms with Gasteiger partial charge in [0.15, 0.2) is 5.78 Å². The molecule has 2 rings (SSSR count). The number of hydrogen-bond donors (Lipinski definition) is 1. The van der Waals surface area contributed by atoms with Crippen LogP contribution >= 0.6 is 0 Å². The number of carbonyl (C=O) groups is 1. The molecule has 0 aromatic heterocycles. The van der Waals surface area contributed by atoms with E-state index in [2.05, 4.69) is 20.8 Å². The van der Waals surface area contributed by atoms with Crippen LogP contribution in [0, 0.1) is 23.2 Å². The highest BCUT2D eigenvalue weighted by molar-refractivity contribution is 5.85. The summed E-state index contributed by atoms with van der Waals surface area (Å²) in [4.78, 5) is 11.8. The quantitative estimate of drug-likeness (QED) is 0.743. The molecular formula is C14H24O2. The number of rotatable bonds is 1. The molecule has 0 radical (unpaired) electrons. The monoisotopic (exact) mass is 224 g/mol. The van der Waals surface area contributed by atoms with Crippen molar-refractivity contribution in [2.75, 3.05) is 0 Å². The van der Waals surface area contributed by atoms with Gasteiger partial charge in [-0.1, -0.05) is 27.2 Å². The van der Waals surface area contributed by atoms with Crippen LogP contribution in [0.1, 0.15) is 53.4 Å². The third-order valence-corrected chi connectivity index (χ3v) is 4.94. The van der Waals surface area contributed by atoms with Crippen LogP contribution in [0.2, 0.25) is 0 Å². The molecule has 1 N–H and O–H groups in total. The fourth-order valence-corrected chi connectivity index (χ4v) is 4.16. The minimum absolute atomic E-state index is 0.0237. The van der Waals surface area contributed by atoms with Crippen LogP contribution in [-0.4, -0.2) is 16.5 Å². The van der Waals surface area contributed by atoms with Crippen LogP contribution in [0.5, 0.6) is 0 Å². The molecule has 2 aliphatic rings. The summed E-state index contributed by atoms with van der Waals surface area (Å²) in [5.74, 6) is 1.39. The lowest BCUT2D eigenvalue weighted by molar-refractivity contribution is -0.157. The van der Waals surface area contributed by atoms with Crippen LogP contribution in [0.3, 0.4) is 0 Å². The Balaban J connectivity index is 2.35. The van der Waals surface area contributed by atoms with Crippen molar-refractivity contribution < 1.29 is 9.90 Å². The van der Waals surface area contributed by atoms with Crippen LogP contribution in [-0.2, 0) is 4.79 Å². The van der Waals surface area contributed by atoms with Crippen LogP contribution in [0.4, 0.5) is 0 Å². The van der Waals surface area contributed by atoms with Gasteiger partial charge in [-0.05, 0) is 49.4 Å². The molecule has 0 saturated heterocycles. The Morgan fingerprint density at radius 2 is 1.94 bits per heavy atom. The van der Waals surface area contributed by atoms with Crippen molar-refractivity contribution in [1.82, 2.24) is 0 Å². The highest BCUT2D eigenvalue weighted by Gasteiger charge is 2.56. The SMILES string of the molecule is CC(=O)[C@@]1(O)CC(C)(C)C[C@H]2[C@H](C)CC[C@@H]21. The molecule has 0 heterocycles. The van der Waals surface area contributed by atoms with Gasteiger partial charge in [-0.25, -0.2) is 0 Å². The minimum atomic E-state index is -1.04. The van der Waals surface area contributed by atoms with Gasteiger partial charge in [-0.2, -0.15) is 0 Å². The first-order chi connectivity index (χ1) is 7.26. The Morgan fingerprint density at radius 1 is 1.31 bits per heavy atom. The molecule has 0 aromatic rings. The van der Waals surface area contributed by atoms with Crippen molar-refractivity contribution in [3.8, 4) is 0 Å². The summed E-state index contributed by atoms with van der Waals surface area (Å²) in [6.45, 7) is 8.19. The van der Waals surface area contributed by atoms with Crippen molar-refractivity contribution in [2.24, 2.45) is 23.2 Å². The number of carbonyl (C=O) groups excluding carboxylic acids is 1. The number of aliphatic hydroxyl groups is 1. The standard InChI is InChI=1S/C14H24O2/c1-9-5-6-12-11(9)7-13(3,4)8-14(12,16)10(2)15/h9,11-12,16H,5-8H2,1-4H3/t9-,11+,12+,14+/m1/s1. The van der Waals surface area contributed by atoms with Crippen LogP contribution in [0.15, 0.2) is 0 Å². The van der Waals surface area contributed by atoms with Crippen molar-refractivity contribution in [2.45, 2.75) is 59.0 Å². The van der Waals surface area contributed by atoms with Gasteiger partial charge in [-0.15, -0.1) is 0 Å². The van der Waals surface area contributed by atoms with E-state index < -0.39 is 5.60 Å². The molecule has 2 heteroatoms. The van der Waals surface area contributed by atoms with E-state index in [1.165, 1.54) is 6.42 Å². The molecule has 2 nitrogen and oxygen atoms in total. The van der Waals surface area contributed by atoms with Gasteiger partial charge in [0.2, 0.25) is 0 Å². The van der Waals surface area contributed by atoms with E-state index in [0.717, 1.165) is 12.8 Å². The molecule has 0 amide bonds. The van der Waals surface area contributed by atoms with E-state index in [9.17, 15) is 9.90 Å². The molecule has 0 aliphatic heterocycles. The first-order valence-corrected chi connectivity index (χ1v) is 6.50. The third kappa shape index (κ3) is 1.71. The van der Waals surface area contributed by atoms with Gasteiger partial charge in [0.25, 0.3) is 0 Å². The van der Waals surface area contributed by atoms with E-state index in [0.29, 0.717) is 18.3 Å². The number of Topliss-reactive ketones (excluding diaryl/α,β-unsaturated/α-hetero) is 1. The van der Waals surface area contributed by atoms with E-state index >= 15 is 0 Å². The summed E-state index contributed by atoms with van der Waals surface area (Å²) in [7, 11) is 0. The van der Waals surface area contributed by atoms with Gasteiger partial charge in [0.05, 0.1) is 0 Å². The molecule has 0 spiro atoms. The first kappa shape index (κ1) is 12.1. The molecular weight excluding hydrogens is 200 g/mol. The fraction of sp³-hybridized carbons (Fsp3) is 0.929. The van der Waals surface area contributed by atoms with Crippen molar-refractivity contribution in [3.05, 3.63) is 0 Å².